The van der Waals surface area contributed by atoms with Gasteiger partial charge < -0.3 is 20.5 Å². The maximum absolute atomic E-state index is 12.9. The number of hydrogen-bond donors (Lipinski definition) is 3. The van der Waals surface area contributed by atoms with Crippen LogP contribution in [0.25, 0.3) is 21.0 Å². The molecular formula is C25H20N6O3S. The molecule has 2 aromatic carbocycles. The lowest BCUT2D eigenvalue weighted by molar-refractivity contribution is 0.0652. The maximum atomic E-state index is 12.9. The van der Waals surface area contributed by atoms with Crippen LogP contribution in [-0.4, -0.2) is 33.7 Å². The number of carbonyl (C=O) groups excluding carboxylic acids is 1. The Morgan fingerprint density at radius 2 is 1.89 bits per heavy atom. The van der Waals surface area contributed by atoms with Gasteiger partial charge in [-0.3, -0.25) is 10.1 Å². The summed E-state index contributed by atoms with van der Waals surface area (Å²) in [6.45, 7) is 0.778. The first-order valence-corrected chi connectivity index (χ1v) is 11.8. The van der Waals surface area contributed by atoms with Crippen LogP contribution in [0.2, 0.25) is 0 Å². The van der Waals surface area contributed by atoms with Gasteiger partial charge in [-0.1, -0.05) is 36.4 Å². The number of ether oxygens (including phenoxy) is 2. The van der Waals surface area contributed by atoms with E-state index in [9.17, 15) is 4.79 Å². The molecule has 1 atom stereocenters. The molecule has 5 aromatic rings. The summed E-state index contributed by atoms with van der Waals surface area (Å²) >= 11 is 1.43. The fraction of sp³-hybridized carbons (Fsp3) is 0.120. The molecule has 0 fully saturated rings. The molecule has 0 saturated carbocycles. The summed E-state index contributed by atoms with van der Waals surface area (Å²) in [5, 5.41) is 9.93. The normalized spacial score (nSPS) is 14.8. The summed E-state index contributed by atoms with van der Waals surface area (Å²) in [4.78, 5) is 26.1. The number of nitrogen functional groups attached to an aromatic ring is 1. The van der Waals surface area contributed by atoms with Crippen molar-refractivity contribution >= 4 is 49.9 Å². The minimum atomic E-state index is -0.480. The van der Waals surface area contributed by atoms with Gasteiger partial charge in [-0.2, -0.15) is 0 Å². The summed E-state index contributed by atoms with van der Waals surface area (Å²) in [7, 11) is 0. The lowest BCUT2D eigenvalue weighted by Crippen LogP contribution is -2.41. The molecule has 1 aliphatic rings. The lowest BCUT2D eigenvalue weighted by atomic mass is 10.1. The molecular weight excluding hydrogens is 464 g/mol. The monoisotopic (exact) mass is 484 g/mol. The highest BCUT2D eigenvalue weighted by atomic mass is 32.1. The lowest BCUT2D eigenvalue weighted by Gasteiger charge is -2.27. The summed E-state index contributed by atoms with van der Waals surface area (Å²) in [6.07, 6.45) is -0.336. The minimum absolute atomic E-state index is 0.00514. The molecule has 0 saturated heterocycles. The van der Waals surface area contributed by atoms with Crippen molar-refractivity contribution in [3.05, 3.63) is 77.6 Å². The van der Waals surface area contributed by atoms with Gasteiger partial charge in [0.15, 0.2) is 17.7 Å². The van der Waals surface area contributed by atoms with E-state index in [1.54, 1.807) is 0 Å². The van der Waals surface area contributed by atoms with E-state index < -0.39 is 5.91 Å². The Bertz CT molecular complexity index is 1570. The zero-order valence-electron chi connectivity index (χ0n) is 18.4. The van der Waals surface area contributed by atoms with E-state index >= 15 is 0 Å². The van der Waals surface area contributed by atoms with Gasteiger partial charge in [-0.15, -0.1) is 11.3 Å². The highest BCUT2D eigenvalue weighted by Crippen LogP contribution is 2.30. The number of nitrogens with one attached hydrogen (secondary N) is 2. The van der Waals surface area contributed by atoms with Crippen molar-refractivity contribution < 1.29 is 14.3 Å². The molecule has 0 bridgehead atoms. The van der Waals surface area contributed by atoms with Gasteiger partial charge in [-0.25, -0.2) is 15.0 Å². The van der Waals surface area contributed by atoms with Gasteiger partial charge >= 0.3 is 0 Å². The Morgan fingerprint density at radius 1 is 1.06 bits per heavy atom. The van der Waals surface area contributed by atoms with Gasteiger partial charge in [0.05, 0.1) is 15.9 Å². The van der Waals surface area contributed by atoms with Crippen LogP contribution in [0.3, 0.4) is 0 Å². The number of para-hydroxylation sites is 2. The summed E-state index contributed by atoms with van der Waals surface area (Å²) in [5.41, 5.74) is 7.40. The largest absolute Gasteiger partial charge is 0.484 e. The van der Waals surface area contributed by atoms with Crippen LogP contribution in [0.4, 0.5) is 11.6 Å². The third-order valence-electron chi connectivity index (χ3n) is 5.60. The van der Waals surface area contributed by atoms with Crippen LogP contribution >= 0.6 is 11.3 Å². The molecule has 0 radical (unpaired) electrons. The number of carbonyl (C=O) groups is 1. The summed E-state index contributed by atoms with van der Waals surface area (Å²) in [5.74, 6) is 1.60. The van der Waals surface area contributed by atoms with Crippen molar-refractivity contribution in [2.24, 2.45) is 0 Å². The Labute approximate surface area is 203 Å². The first kappa shape index (κ1) is 21.3. The fourth-order valence-electron chi connectivity index (χ4n) is 3.96. The van der Waals surface area contributed by atoms with Gasteiger partial charge in [0.1, 0.15) is 18.2 Å². The molecule has 4 heterocycles. The third kappa shape index (κ3) is 4.20. The first-order valence-electron chi connectivity index (χ1n) is 11.0. The van der Waals surface area contributed by atoms with Crippen LogP contribution < -0.4 is 25.8 Å². The molecule has 1 amide bonds. The van der Waals surface area contributed by atoms with Gasteiger partial charge in [-0.05, 0) is 35.0 Å². The average Bonchev–Trinajstić information content (AvgIpc) is 3.37. The Balaban J connectivity index is 1.24. The SMILES string of the molecule is Nc1nc(C(=O)Nc2cc3ccccc3c(CNC3COc4ccccc4O3)n2)nc2ccsc12. The highest BCUT2D eigenvalue weighted by Gasteiger charge is 2.21. The molecule has 1 unspecified atom stereocenters. The topological polar surface area (TPSA) is 124 Å². The van der Waals surface area contributed by atoms with Gasteiger partial charge in [0, 0.05) is 11.9 Å². The van der Waals surface area contributed by atoms with Crippen molar-refractivity contribution in [3.8, 4) is 11.5 Å². The van der Waals surface area contributed by atoms with Crippen molar-refractivity contribution in [3.63, 3.8) is 0 Å². The molecule has 174 valence electrons. The molecule has 0 aliphatic carbocycles. The van der Waals surface area contributed by atoms with E-state index in [1.807, 2.05) is 66.0 Å². The number of nitrogens with two attached hydrogens (primary N) is 1. The molecule has 9 nitrogen and oxygen atoms in total. The Kier molecular flexibility index (Phi) is 5.36. The number of benzene rings is 2. The first-order chi connectivity index (χ1) is 17.1. The number of anilines is 2. The predicted molar refractivity (Wildman–Crippen MR) is 135 cm³/mol. The van der Waals surface area contributed by atoms with E-state index in [1.165, 1.54) is 11.3 Å². The second-order valence-corrected chi connectivity index (χ2v) is 8.86. The zero-order valence-corrected chi connectivity index (χ0v) is 19.2. The van der Waals surface area contributed by atoms with E-state index in [4.69, 9.17) is 20.2 Å². The highest BCUT2D eigenvalue weighted by molar-refractivity contribution is 7.17. The van der Waals surface area contributed by atoms with Crippen LogP contribution in [0.5, 0.6) is 11.5 Å². The standard InChI is InChI=1S/C25H20N6O3S/c26-23-22-16(9-10-35-22)29-24(31-23)25(32)30-20-11-14-5-1-2-6-15(14)17(28-20)12-27-21-13-33-18-7-3-4-8-19(18)34-21/h1-11,21,27H,12-13H2,(H2,26,29,31)(H,28,30,32). The van der Waals surface area contributed by atoms with E-state index in [0.29, 0.717) is 30.2 Å². The predicted octanol–water partition coefficient (Wildman–Crippen LogP) is 3.96. The Hall–Kier alpha value is -4.28. The van der Waals surface area contributed by atoms with Crippen LogP contribution in [-0.2, 0) is 6.54 Å². The number of fused-ring (bicyclic) bond motifs is 3. The van der Waals surface area contributed by atoms with Crippen molar-refractivity contribution in [1.82, 2.24) is 20.3 Å². The van der Waals surface area contributed by atoms with Crippen LogP contribution in [0, 0.1) is 0 Å². The number of pyridine rings is 1. The second-order valence-electron chi connectivity index (χ2n) is 7.94. The van der Waals surface area contributed by atoms with Crippen molar-refractivity contribution in [2.75, 3.05) is 17.7 Å². The smallest absolute Gasteiger partial charge is 0.294 e. The van der Waals surface area contributed by atoms with Crippen molar-refractivity contribution in [1.29, 1.82) is 0 Å². The molecule has 3 aromatic heterocycles. The van der Waals surface area contributed by atoms with Crippen LogP contribution in [0.15, 0.2) is 66.0 Å². The fourth-order valence-corrected chi connectivity index (χ4v) is 4.69. The molecule has 35 heavy (non-hydrogen) atoms. The Morgan fingerprint density at radius 3 is 2.80 bits per heavy atom. The molecule has 0 spiro atoms. The number of nitrogens with zero attached hydrogens (tertiary/aromatic N) is 3. The number of amides is 1. The molecule has 10 heteroatoms. The maximum Gasteiger partial charge on any atom is 0.294 e. The number of thiophene rings is 1. The summed E-state index contributed by atoms with van der Waals surface area (Å²) < 4.78 is 12.5. The third-order valence-corrected chi connectivity index (χ3v) is 6.53. The number of rotatable bonds is 5. The number of hydrogen-bond acceptors (Lipinski definition) is 9. The minimum Gasteiger partial charge on any atom is -0.484 e. The quantitative estimate of drug-likeness (QED) is 0.342. The van der Waals surface area contributed by atoms with Crippen LogP contribution in [0.1, 0.15) is 16.3 Å². The summed E-state index contributed by atoms with van der Waals surface area (Å²) in [6, 6.07) is 19.0. The molecule has 6 rings (SSSR count). The van der Waals surface area contributed by atoms with Crippen molar-refractivity contribution in [2.45, 2.75) is 12.8 Å². The zero-order chi connectivity index (χ0) is 23.8. The van der Waals surface area contributed by atoms with E-state index in [2.05, 4.69) is 20.6 Å². The second kappa shape index (κ2) is 8.82. The van der Waals surface area contributed by atoms with Gasteiger partial charge in [0.25, 0.3) is 5.91 Å². The van der Waals surface area contributed by atoms with Gasteiger partial charge in [0.2, 0.25) is 5.82 Å². The van der Waals surface area contributed by atoms with E-state index in [-0.39, 0.29) is 17.9 Å². The molecule has 4 N–H and O–H groups in total. The average molecular weight is 485 g/mol. The number of aromatic nitrogens is 3. The van der Waals surface area contributed by atoms with E-state index in [0.717, 1.165) is 26.9 Å². The molecule has 1 aliphatic heterocycles.